The third-order valence-corrected chi connectivity index (χ3v) is 24.8. The fraction of sp³-hybridized carbons (Fsp3) is 0.308. The van der Waals surface area contributed by atoms with Gasteiger partial charge < -0.3 is 14.0 Å². The van der Waals surface area contributed by atoms with Gasteiger partial charge in [0.2, 0.25) is 0 Å². The number of nitrogens with zero attached hydrogens (tertiary/aromatic N) is 3. The summed E-state index contributed by atoms with van der Waals surface area (Å²) in [5, 5.41) is 11.5. The number of rotatable bonds is 3. The second-order valence-electron chi connectivity index (χ2n) is 31.5. The molecular formula is C78H80BN3Si. The summed E-state index contributed by atoms with van der Waals surface area (Å²) in [6.07, 6.45) is 0. The molecule has 0 saturated heterocycles. The molecule has 4 aliphatic rings. The highest BCUT2D eigenvalue weighted by atomic mass is 28.3. The fourth-order valence-electron chi connectivity index (χ4n) is 15.4. The Kier molecular flexibility index (Phi) is 10.4. The third-order valence-electron chi connectivity index (χ3n) is 20.0. The van der Waals surface area contributed by atoms with Crippen molar-refractivity contribution in [2.75, 3.05) is 4.90 Å². The van der Waals surface area contributed by atoms with Gasteiger partial charge in [-0.1, -0.05) is 228 Å². The van der Waals surface area contributed by atoms with Gasteiger partial charge in [-0.3, -0.25) is 0 Å². The zero-order chi connectivity index (χ0) is 58.4. The van der Waals surface area contributed by atoms with E-state index in [2.05, 4.69) is 296 Å². The maximum Gasteiger partial charge on any atom is 0.252 e. The lowest BCUT2D eigenvalue weighted by molar-refractivity contribution is 0.590. The van der Waals surface area contributed by atoms with E-state index in [-0.39, 0.29) is 39.2 Å². The molecule has 0 saturated carbocycles. The van der Waals surface area contributed by atoms with E-state index in [0.29, 0.717) is 0 Å². The van der Waals surface area contributed by atoms with Crippen LogP contribution in [0.15, 0.2) is 158 Å². The number of anilines is 3. The van der Waals surface area contributed by atoms with E-state index in [1.54, 1.807) is 15.6 Å². The molecular weight excluding hydrogens is 1020 g/mol. The SMILES string of the molecule is CC(C)(C)c1ccc(N(c2ccccc2)c2ccc3c4c2c2ccc(C(C)(C)C)cc2n4-c2ccc4c5c2B3c2cc(C(C)(C)C)cc3c6cc(C(C)(C)C)cc(c6n-5c23)[Si]42c3cc(C(C)(C)C)ccc3-c3ccc(C(C)(C)C)cc32)cc1. The smallest absolute Gasteiger partial charge is 0.252 e. The molecule has 0 radical (unpaired) electrons. The van der Waals surface area contributed by atoms with Crippen LogP contribution in [-0.4, -0.2) is 23.9 Å². The standard InChI is InChI=1S/C78H80BN3Si/c1-73(2,3)45-24-29-52(30-25-45)80(51-22-20-19-21-23-51)60-35-34-58-71-67(60)55-33-28-46(74(4,5)6)41-62(55)81(71)61-36-37-63-72-68(61)79(58)59-40-49(77(13,14)15)38-56-57-39-50(78(16,17)18)44-66(70(57)82(72)69(56)59)83(63)64-42-47(75(7,8)9)26-31-53(64)54-32-27-48(43-65(54)83)76(10,11)12/h19-44H,1-18H3. The minimum atomic E-state index is -3.20. The molecule has 0 fully saturated rings. The van der Waals surface area contributed by atoms with Crippen molar-refractivity contribution in [1.82, 2.24) is 9.13 Å². The molecule has 5 heteroatoms. The first-order valence-electron chi connectivity index (χ1n) is 30.7. The molecule has 9 aromatic carbocycles. The number of aromatic nitrogens is 2. The molecule has 0 amide bonds. The normalized spacial score (nSPS) is 14.9. The summed E-state index contributed by atoms with van der Waals surface area (Å²) in [7, 11) is -3.20. The van der Waals surface area contributed by atoms with Crippen LogP contribution in [0.1, 0.15) is 158 Å². The zero-order valence-corrected chi connectivity index (χ0v) is 53.4. The van der Waals surface area contributed by atoms with Crippen LogP contribution in [0, 0.1) is 0 Å². The largest absolute Gasteiger partial charge is 0.310 e. The van der Waals surface area contributed by atoms with Gasteiger partial charge in [0.05, 0.1) is 22.2 Å². The summed E-state index contributed by atoms with van der Waals surface area (Å²) in [6, 6.07) is 64.2. The highest BCUT2D eigenvalue weighted by molar-refractivity contribution is 7.24. The molecule has 6 heterocycles. The van der Waals surface area contributed by atoms with E-state index in [0.717, 1.165) is 11.4 Å². The molecule has 0 bridgehead atoms. The maximum absolute atomic E-state index is 3.20. The van der Waals surface area contributed by atoms with Crippen molar-refractivity contribution in [3.63, 3.8) is 0 Å². The summed E-state index contributed by atoms with van der Waals surface area (Å²) in [6.45, 7) is 43.0. The predicted octanol–water partition coefficient (Wildman–Crippen LogP) is 15.9. The average molecular weight is 1100 g/mol. The highest BCUT2D eigenvalue weighted by Gasteiger charge is 2.57. The Labute approximate surface area is 494 Å². The van der Waals surface area contributed by atoms with Crippen molar-refractivity contribution in [3.05, 3.63) is 191 Å². The first-order chi connectivity index (χ1) is 39.0. The van der Waals surface area contributed by atoms with Gasteiger partial charge in [-0.15, -0.1) is 0 Å². The molecule has 3 nitrogen and oxygen atoms in total. The van der Waals surface area contributed by atoms with Gasteiger partial charge in [-0.05, 0) is 169 Å². The molecule has 1 spiro atoms. The topological polar surface area (TPSA) is 13.1 Å². The molecule has 0 N–H and O–H groups in total. The van der Waals surface area contributed by atoms with Crippen molar-refractivity contribution < 1.29 is 0 Å². The summed E-state index contributed by atoms with van der Waals surface area (Å²) in [4.78, 5) is 2.53. The van der Waals surface area contributed by atoms with Gasteiger partial charge in [0.1, 0.15) is 0 Å². The Balaban J connectivity index is 1.16. The number of hydrogen-bond acceptors (Lipinski definition) is 1. The molecule has 83 heavy (non-hydrogen) atoms. The van der Waals surface area contributed by atoms with E-state index < -0.39 is 8.07 Å². The molecule has 0 aliphatic carbocycles. The van der Waals surface area contributed by atoms with E-state index in [9.17, 15) is 0 Å². The van der Waals surface area contributed by atoms with Crippen LogP contribution in [0.25, 0.3) is 66.1 Å². The van der Waals surface area contributed by atoms with Gasteiger partial charge in [-0.25, -0.2) is 0 Å². The third kappa shape index (κ3) is 7.10. The average Bonchev–Trinajstić information content (AvgIpc) is 1.58. The van der Waals surface area contributed by atoms with Crippen molar-refractivity contribution in [2.24, 2.45) is 0 Å². The Morgan fingerprint density at radius 2 is 0.867 bits per heavy atom. The van der Waals surface area contributed by atoms with Gasteiger partial charge in [0.15, 0.2) is 8.07 Å². The minimum absolute atomic E-state index is 0.0298. The van der Waals surface area contributed by atoms with Gasteiger partial charge in [0.25, 0.3) is 6.71 Å². The molecule has 15 rings (SSSR count). The van der Waals surface area contributed by atoms with Crippen molar-refractivity contribution in [3.8, 4) is 22.5 Å². The lowest BCUT2D eigenvalue weighted by atomic mass is 9.34. The van der Waals surface area contributed by atoms with Gasteiger partial charge >= 0.3 is 0 Å². The molecule has 11 aromatic rings. The van der Waals surface area contributed by atoms with Crippen LogP contribution >= 0.6 is 0 Å². The molecule has 0 unspecified atom stereocenters. The summed E-state index contributed by atoms with van der Waals surface area (Å²) in [5.74, 6) is 0. The van der Waals surface area contributed by atoms with E-state index >= 15 is 0 Å². The summed E-state index contributed by atoms with van der Waals surface area (Å²) >= 11 is 0. The van der Waals surface area contributed by atoms with E-state index in [1.165, 1.54) is 127 Å². The first kappa shape index (κ1) is 52.5. The van der Waals surface area contributed by atoms with Crippen LogP contribution in [-0.2, 0) is 32.5 Å². The predicted molar refractivity (Wildman–Crippen MR) is 363 cm³/mol. The zero-order valence-electron chi connectivity index (χ0n) is 52.4. The first-order valence-corrected chi connectivity index (χ1v) is 32.7. The molecule has 414 valence electrons. The number of hydrogen-bond donors (Lipinski definition) is 0. The Hall–Kier alpha value is -7.34. The van der Waals surface area contributed by atoms with Crippen LogP contribution < -0.4 is 42.0 Å². The maximum atomic E-state index is 2.84. The van der Waals surface area contributed by atoms with Crippen molar-refractivity contribution >= 4 is 113 Å². The summed E-state index contributed by atoms with van der Waals surface area (Å²) < 4.78 is 5.59. The summed E-state index contributed by atoms with van der Waals surface area (Å²) in [5.41, 5.74) is 26.6. The Bertz CT molecular complexity index is 4590. The van der Waals surface area contributed by atoms with Crippen LogP contribution in [0.3, 0.4) is 0 Å². The highest BCUT2D eigenvalue weighted by Crippen LogP contribution is 2.49. The Morgan fingerprint density at radius 1 is 0.361 bits per heavy atom. The van der Waals surface area contributed by atoms with E-state index in [4.69, 9.17) is 0 Å². The van der Waals surface area contributed by atoms with Gasteiger partial charge in [0, 0.05) is 49.8 Å². The number of para-hydroxylation sites is 1. The quantitative estimate of drug-likeness (QED) is 0.161. The lowest BCUT2D eigenvalue weighted by Crippen LogP contribution is -2.77. The molecule has 2 aromatic heterocycles. The number of fused-ring (bicyclic) bond motifs is 14. The monoisotopic (exact) mass is 1100 g/mol. The minimum Gasteiger partial charge on any atom is -0.310 e. The second-order valence-corrected chi connectivity index (χ2v) is 35.2. The molecule has 4 aliphatic heterocycles. The van der Waals surface area contributed by atoms with E-state index in [1.807, 2.05) is 0 Å². The number of benzene rings is 9. The van der Waals surface area contributed by atoms with Crippen LogP contribution in [0.4, 0.5) is 17.1 Å². The lowest BCUT2D eigenvalue weighted by Gasteiger charge is -2.43. The van der Waals surface area contributed by atoms with Crippen LogP contribution in [0.5, 0.6) is 0 Å². The van der Waals surface area contributed by atoms with Crippen molar-refractivity contribution in [1.29, 1.82) is 0 Å². The fourth-order valence-corrected chi connectivity index (χ4v) is 21.0. The second kappa shape index (κ2) is 16.5. The van der Waals surface area contributed by atoms with Gasteiger partial charge in [-0.2, -0.15) is 0 Å². The molecule has 0 atom stereocenters. The van der Waals surface area contributed by atoms with Crippen LogP contribution in [0.2, 0.25) is 0 Å². The Morgan fingerprint density at radius 3 is 1.45 bits per heavy atom. The van der Waals surface area contributed by atoms with Crippen molar-refractivity contribution in [2.45, 2.75) is 157 Å².